The number of pyridine rings is 1. The van der Waals surface area contributed by atoms with E-state index < -0.39 is 16.9 Å². The summed E-state index contributed by atoms with van der Waals surface area (Å²) in [6, 6.07) is 18.7. The van der Waals surface area contributed by atoms with Gasteiger partial charge in [-0.15, -0.1) is 0 Å². The first-order chi connectivity index (χ1) is 19.2. The first kappa shape index (κ1) is 29.2. The van der Waals surface area contributed by atoms with E-state index in [0.29, 0.717) is 22.5 Å². The van der Waals surface area contributed by atoms with Crippen LogP contribution in [0, 0.1) is 6.92 Å². The zero-order valence-corrected chi connectivity index (χ0v) is 24.6. The Kier molecular flexibility index (Phi) is 9.54. The molecule has 0 saturated carbocycles. The van der Waals surface area contributed by atoms with E-state index in [9.17, 15) is 13.8 Å². The molecule has 1 fully saturated rings. The lowest BCUT2D eigenvalue weighted by molar-refractivity contribution is 0.0979. The van der Waals surface area contributed by atoms with Crippen molar-refractivity contribution in [3.8, 4) is 0 Å². The molecule has 5 rings (SSSR count). The van der Waals surface area contributed by atoms with Crippen molar-refractivity contribution >= 4 is 51.0 Å². The number of nitrogens with one attached hydrogen (secondary N) is 2. The van der Waals surface area contributed by atoms with Gasteiger partial charge in [0, 0.05) is 32.0 Å². The molecular weight excluding hydrogens is 548 g/mol. The quantitative estimate of drug-likeness (QED) is 0.316. The zero-order valence-electron chi connectivity index (χ0n) is 23.0. The van der Waals surface area contributed by atoms with Gasteiger partial charge < -0.3 is 10.2 Å². The Morgan fingerprint density at radius 2 is 1.68 bits per heavy atom. The van der Waals surface area contributed by atoms with Gasteiger partial charge in [-0.1, -0.05) is 54.1 Å². The highest BCUT2D eigenvalue weighted by atomic mass is 35.5. The fourth-order valence-corrected chi connectivity index (χ4v) is 5.18. The van der Waals surface area contributed by atoms with Gasteiger partial charge in [-0.2, -0.15) is 0 Å². The molecule has 40 heavy (non-hydrogen) atoms. The lowest BCUT2D eigenvalue weighted by Gasteiger charge is -2.23. The molecule has 0 aliphatic carbocycles. The van der Waals surface area contributed by atoms with Gasteiger partial charge in [0.2, 0.25) is 5.95 Å². The number of carbonyl (C=O) groups excluding carboxylic acids is 1. The first-order valence-electron chi connectivity index (χ1n) is 13.0. The lowest BCUT2D eigenvalue weighted by Crippen LogP contribution is -2.30. The Morgan fingerprint density at radius 1 is 1.05 bits per heavy atom. The van der Waals surface area contributed by atoms with Crippen LogP contribution in [0.4, 0.5) is 11.6 Å². The third kappa shape index (κ3) is 6.86. The predicted molar refractivity (Wildman–Crippen MR) is 162 cm³/mol. The SMILES string of the molecule is Cc1cc(C(C)Nc2ccc(Cl)nc2C(=O)NS(C)=O)c2nc(N3CCCC3)n(C)c(=O)c2c1.c1ccccc1. The van der Waals surface area contributed by atoms with Crippen LogP contribution in [-0.2, 0) is 18.0 Å². The van der Waals surface area contributed by atoms with E-state index in [0.717, 1.165) is 37.1 Å². The van der Waals surface area contributed by atoms with Crippen LogP contribution in [0.2, 0.25) is 5.15 Å². The molecule has 2 unspecified atom stereocenters. The minimum Gasteiger partial charge on any atom is -0.377 e. The van der Waals surface area contributed by atoms with Gasteiger partial charge in [0.25, 0.3) is 11.5 Å². The first-order valence-corrected chi connectivity index (χ1v) is 14.9. The van der Waals surface area contributed by atoms with Crippen LogP contribution < -0.4 is 20.5 Å². The summed E-state index contributed by atoms with van der Waals surface area (Å²) in [5.74, 6) is 0.0569. The Balaban J connectivity index is 0.000000546. The van der Waals surface area contributed by atoms with Crippen LogP contribution in [0.5, 0.6) is 0 Å². The van der Waals surface area contributed by atoms with Crippen molar-refractivity contribution in [3.63, 3.8) is 0 Å². The highest BCUT2D eigenvalue weighted by molar-refractivity contribution is 7.82. The van der Waals surface area contributed by atoms with Crippen molar-refractivity contribution in [2.45, 2.75) is 32.7 Å². The smallest absolute Gasteiger partial charge is 0.283 e. The summed E-state index contributed by atoms with van der Waals surface area (Å²) in [4.78, 5) is 37.0. The molecule has 1 aliphatic rings. The molecular formula is C29H33ClN6O3S. The maximum absolute atomic E-state index is 13.2. The van der Waals surface area contributed by atoms with Crippen molar-refractivity contribution in [2.75, 3.05) is 29.6 Å². The second kappa shape index (κ2) is 13.1. The number of hydrogen-bond acceptors (Lipinski definition) is 7. The standard InChI is InChI=1S/C23H27ClN6O3S.C6H6/c1-13-11-15(14(2)25-17-7-8-18(24)26-20(17)21(31)28-34(4)33)19-16(12-13)22(32)29(3)23(27-19)30-9-5-6-10-30;1-2-4-6-5-3-1/h7-8,11-12,14,25H,5-6,9-10H2,1-4H3,(H,28,31);1-6H. The van der Waals surface area contributed by atoms with Crippen LogP contribution >= 0.6 is 11.6 Å². The van der Waals surface area contributed by atoms with Crippen molar-refractivity contribution < 1.29 is 9.00 Å². The number of aryl methyl sites for hydroxylation is 1. The van der Waals surface area contributed by atoms with Gasteiger partial charge in [0.15, 0.2) is 5.69 Å². The summed E-state index contributed by atoms with van der Waals surface area (Å²) in [6.45, 7) is 5.60. The molecule has 4 aromatic rings. The molecule has 1 amide bonds. The maximum Gasteiger partial charge on any atom is 0.283 e. The molecule has 210 valence electrons. The molecule has 0 bridgehead atoms. The van der Waals surface area contributed by atoms with Crippen molar-refractivity contribution in [2.24, 2.45) is 7.05 Å². The summed E-state index contributed by atoms with van der Waals surface area (Å²) in [6.07, 6.45) is 3.51. The molecule has 9 nitrogen and oxygen atoms in total. The number of fused-ring (bicyclic) bond motifs is 1. The Labute approximate surface area is 241 Å². The zero-order chi connectivity index (χ0) is 28.8. The summed E-state index contributed by atoms with van der Waals surface area (Å²) in [5.41, 5.74) is 2.75. The summed E-state index contributed by atoms with van der Waals surface area (Å²) < 4.78 is 15.5. The molecule has 1 saturated heterocycles. The number of benzene rings is 2. The average molecular weight is 581 g/mol. The number of rotatable bonds is 6. The minimum atomic E-state index is -1.55. The normalized spacial score (nSPS) is 14.3. The van der Waals surface area contributed by atoms with Gasteiger partial charge in [-0.3, -0.25) is 18.9 Å². The van der Waals surface area contributed by atoms with Crippen molar-refractivity contribution in [3.05, 3.63) is 93.0 Å². The number of anilines is 2. The molecule has 3 heterocycles. The van der Waals surface area contributed by atoms with E-state index in [4.69, 9.17) is 16.6 Å². The largest absolute Gasteiger partial charge is 0.377 e. The predicted octanol–water partition coefficient (Wildman–Crippen LogP) is 4.77. The van der Waals surface area contributed by atoms with E-state index >= 15 is 0 Å². The number of halogens is 1. The fraction of sp³-hybridized carbons (Fsp3) is 0.310. The van der Waals surface area contributed by atoms with Crippen LogP contribution in [-0.4, -0.2) is 44.0 Å². The molecule has 2 aromatic carbocycles. The molecule has 2 N–H and O–H groups in total. The van der Waals surface area contributed by atoms with E-state index in [-0.39, 0.29) is 22.4 Å². The van der Waals surface area contributed by atoms with E-state index in [1.54, 1.807) is 23.7 Å². The van der Waals surface area contributed by atoms with Gasteiger partial charge in [-0.05, 0) is 50.5 Å². The number of nitrogens with zero attached hydrogens (tertiary/aromatic N) is 4. The lowest BCUT2D eigenvalue weighted by atomic mass is 10.0. The van der Waals surface area contributed by atoms with Gasteiger partial charge in [0.1, 0.15) is 16.1 Å². The fourth-order valence-electron chi connectivity index (χ4n) is 4.67. The van der Waals surface area contributed by atoms with E-state index in [1.165, 1.54) is 6.26 Å². The Morgan fingerprint density at radius 3 is 2.27 bits per heavy atom. The third-order valence-electron chi connectivity index (χ3n) is 6.54. The molecule has 11 heteroatoms. The van der Waals surface area contributed by atoms with E-state index in [1.807, 2.05) is 62.4 Å². The number of amides is 1. The molecule has 0 radical (unpaired) electrons. The third-order valence-corrected chi connectivity index (χ3v) is 7.22. The number of hydrogen-bond donors (Lipinski definition) is 2. The second-order valence-corrected chi connectivity index (χ2v) is 11.2. The number of aromatic nitrogens is 3. The summed E-state index contributed by atoms with van der Waals surface area (Å²) in [5, 5.41) is 4.00. The van der Waals surface area contributed by atoms with Crippen LogP contribution in [0.25, 0.3) is 10.9 Å². The molecule has 1 aliphatic heterocycles. The molecule has 2 atom stereocenters. The van der Waals surface area contributed by atoms with Gasteiger partial charge >= 0.3 is 0 Å². The van der Waals surface area contributed by atoms with Gasteiger partial charge in [-0.25, -0.2) is 14.2 Å². The van der Waals surface area contributed by atoms with Gasteiger partial charge in [0.05, 0.1) is 22.6 Å². The summed E-state index contributed by atoms with van der Waals surface area (Å²) in [7, 11) is 0.205. The van der Waals surface area contributed by atoms with E-state index in [2.05, 4.69) is 19.9 Å². The minimum absolute atomic E-state index is 0.0353. The van der Waals surface area contributed by atoms with Crippen molar-refractivity contribution in [1.82, 2.24) is 19.3 Å². The highest BCUT2D eigenvalue weighted by Gasteiger charge is 2.23. The average Bonchev–Trinajstić information content (AvgIpc) is 3.47. The van der Waals surface area contributed by atoms with Crippen LogP contribution in [0.3, 0.4) is 0 Å². The monoisotopic (exact) mass is 580 g/mol. The van der Waals surface area contributed by atoms with Crippen LogP contribution in [0.15, 0.2) is 65.5 Å². The van der Waals surface area contributed by atoms with Crippen molar-refractivity contribution in [1.29, 1.82) is 0 Å². The topological polar surface area (TPSA) is 109 Å². The Hall–Kier alpha value is -3.76. The Bertz CT molecular complexity index is 1560. The number of carbonyl (C=O) groups is 1. The molecule has 2 aromatic heterocycles. The highest BCUT2D eigenvalue weighted by Crippen LogP contribution is 2.29. The molecule has 0 spiro atoms. The summed E-state index contributed by atoms with van der Waals surface area (Å²) >= 11 is 6.02. The second-order valence-electron chi connectivity index (χ2n) is 9.66. The van der Waals surface area contributed by atoms with Crippen LogP contribution in [0.1, 0.15) is 47.4 Å². The maximum atomic E-state index is 13.2.